The van der Waals surface area contributed by atoms with Crippen LogP contribution in [0.2, 0.25) is 0 Å². The highest BCUT2D eigenvalue weighted by atomic mass is 16.5. The first kappa shape index (κ1) is 16.9. The van der Waals surface area contributed by atoms with Crippen LogP contribution in [-0.2, 0) is 6.54 Å². The van der Waals surface area contributed by atoms with Crippen molar-refractivity contribution in [2.75, 3.05) is 0 Å². The molecule has 0 amide bonds. The van der Waals surface area contributed by atoms with Gasteiger partial charge in [0.05, 0.1) is 29.1 Å². The number of hydrogen-bond donors (Lipinski definition) is 1. The van der Waals surface area contributed by atoms with Gasteiger partial charge in [-0.3, -0.25) is 4.68 Å². The van der Waals surface area contributed by atoms with Crippen LogP contribution >= 0.6 is 0 Å². The van der Waals surface area contributed by atoms with Crippen molar-refractivity contribution >= 4 is 0 Å². The summed E-state index contributed by atoms with van der Waals surface area (Å²) in [5.41, 5.74) is 11.0. The maximum atomic E-state index is 9.77. The number of para-hydroxylation sites is 1. The van der Waals surface area contributed by atoms with Gasteiger partial charge >= 0.3 is 0 Å². The van der Waals surface area contributed by atoms with E-state index in [1.807, 2.05) is 62.0 Å². The van der Waals surface area contributed by atoms with E-state index in [4.69, 9.17) is 10.5 Å². The molecule has 0 saturated heterocycles. The largest absolute Gasteiger partial charge is 0.422 e. The summed E-state index contributed by atoms with van der Waals surface area (Å²) in [6, 6.07) is 12.0. The second-order valence-corrected chi connectivity index (χ2v) is 6.48. The maximum absolute atomic E-state index is 9.77. The average molecular weight is 360 g/mol. The quantitative estimate of drug-likeness (QED) is 0.775. The van der Waals surface area contributed by atoms with E-state index in [0.717, 1.165) is 34.7 Å². The van der Waals surface area contributed by atoms with Gasteiger partial charge in [0, 0.05) is 17.8 Å². The molecule has 1 aliphatic rings. The lowest BCUT2D eigenvalue weighted by Crippen LogP contribution is -2.22. The molecule has 2 aromatic heterocycles. The van der Waals surface area contributed by atoms with Crippen molar-refractivity contribution in [2.24, 2.45) is 5.73 Å². The monoisotopic (exact) mass is 360 g/mol. The van der Waals surface area contributed by atoms with E-state index in [0.29, 0.717) is 11.5 Å². The lowest BCUT2D eigenvalue weighted by Gasteiger charge is -2.24. The fourth-order valence-electron chi connectivity index (χ4n) is 3.63. The Labute approximate surface area is 157 Å². The minimum absolute atomic E-state index is 0.107. The highest BCUT2D eigenvalue weighted by molar-refractivity contribution is 5.57. The van der Waals surface area contributed by atoms with Gasteiger partial charge in [-0.15, -0.1) is 0 Å². The third-order valence-electron chi connectivity index (χ3n) is 4.98. The first-order valence-corrected chi connectivity index (χ1v) is 8.81. The number of benzene rings is 1. The van der Waals surface area contributed by atoms with E-state index >= 15 is 0 Å². The van der Waals surface area contributed by atoms with Gasteiger partial charge < -0.3 is 10.5 Å². The second-order valence-electron chi connectivity index (χ2n) is 6.48. The first-order valence-electron chi connectivity index (χ1n) is 8.81. The van der Waals surface area contributed by atoms with Crippen LogP contribution in [0.25, 0.3) is 5.69 Å². The number of aromatic nitrogens is 4. The van der Waals surface area contributed by atoms with Gasteiger partial charge in [-0.25, -0.2) is 4.68 Å². The highest BCUT2D eigenvalue weighted by Gasteiger charge is 2.37. The maximum Gasteiger partial charge on any atom is 0.229 e. The number of ether oxygens (including phenoxy) is 1. The molecule has 1 aromatic carbocycles. The van der Waals surface area contributed by atoms with Crippen LogP contribution in [0.4, 0.5) is 0 Å². The standard InChI is InChI=1S/C20H20N6O/c1-4-25-13(3)16(11-23-25)18-15(10-21)19(22)27-20-17(18)12(2)24-26(20)14-8-6-5-7-9-14/h5-9,11,18H,4,22H2,1-3H3. The molecule has 7 heteroatoms. The third kappa shape index (κ3) is 2.49. The van der Waals surface area contributed by atoms with E-state index in [1.54, 1.807) is 4.68 Å². The molecule has 3 aromatic rings. The molecule has 0 saturated carbocycles. The molecule has 7 nitrogen and oxygen atoms in total. The Morgan fingerprint density at radius 3 is 2.63 bits per heavy atom. The zero-order valence-electron chi connectivity index (χ0n) is 15.5. The molecule has 2 N–H and O–H groups in total. The second kappa shape index (κ2) is 6.32. The van der Waals surface area contributed by atoms with Crippen molar-refractivity contribution < 1.29 is 4.74 Å². The number of hydrogen-bond acceptors (Lipinski definition) is 5. The first-order chi connectivity index (χ1) is 13.1. The number of nitrogens with zero attached hydrogens (tertiary/aromatic N) is 5. The predicted octanol–water partition coefficient (Wildman–Crippen LogP) is 2.92. The molecule has 27 heavy (non-hydrogen) atoms. The summed E-state index contributed by atoms with van der Waals surface area (Å²) in [5.74, 6) is 0.302. The number of rotatable bonds is 3. The van der Waals surface area contributed by atoms with E-state index in [-0.39, 0.29) is 11.8 Å². The van der Waals surface area contributed by atoms with Gasteiger partial charge in [0.1, 0.15) is 11.6 Å². The summed E-state index contributed by atoms with van der Waals surface area (Å²) in [7, 11) is 0. The lowest BCUT2D eigenvalue weighted by molar-refractivity contribution is 0.367. The summed E-state index contributed by atoms with van der Waals surface area (Å²) in [4.78, 5) is 0. The molecule has 0 aliphatic carbocycles. The van der Waals surface area contributed by atoms with Crippen molar-refractivity contribution in [3.05, 3.63) is 70.5 Å². The molecule has 4 rings (SSSR count). The van der Waals surface area contributed by atoms with Gasteiger partial charge in [-0.1, -0.05) is 18.2 Å². The van der Waals surface area contributed by atoms with Crippen LogP contribution in [0, 0.1) is 25.2 Å². The smallest absolute Gasteiger partial charge is 0.229 e. The number of nitriles is 1. The minimum atomic E-state index is -0.350. The number of nitrogens with two attached hydrogens (primary N) is 1. The molecular weight excluding hydrogens is 340 g/mol. The van der Waals surface area contributed by atoms with Crippen molar-refractivity contribution in [2.45, 2.75) is 33.2 Å². The zero-order valence-corrected chi connectivity index (χ0v) is 15.5. The van der Waals surface area contributed by atoms with Crippen LogP contribution in [0.1, 0.15) is 35.4 Å². The lowest BCUT2D eigenvalue weighted by atomic mass is 9.84. The molecule has 0 bridgehead atoms. The van der Waals surface area contributed by atoms with E-state index < -0.39 is 0 Å². The fourth-order valence-corrected chi connectivity index (χ4v) is 3.63. The molecule has 0 radical (unpaired) electrons. The Hall–Kier alpha value is -3.53. The fraction of sp³-hybridized carbons (Fsp3) is 0.250. The number of fused-ring (bicyclic) bond motifs is 1. The number of allylic oxidation sites excluding steroid dienone is 1. The SMILES string of the molecule is CCn1ncc(C2C(C#N)=C(N)Oc3c2c(C)nn3-c2ccccc2)c1C. The van der Waals surface area contributed by atoms with Crippen molar-refractivity contribution in [3.63, 3.8) is 0 Å². The molecular formula is C20H20N6O. The van der Waals surface area contributed by atoms with Crippen LogP contribution in [0.15, 0.2) is 48.0 Å². The molecule has 0 spiro atoms. The van der Waals surface area contributed by atoms with Crippen molar-refractivity contribution in [3.8, 4) is 17.6 Å². The van der Waals surface area contributed by atoms with Crippen molar-refractivity contribution in [1.82, 2.24) is 19.6 Å². The van der Waals surface area contributed by atoms with Gasteiger partial charge in [0.25, 0.3) is 0 Å². The summed E-state index contributed by atoms with van der Waals surface area (Å²) in [6.45, 7) is 6.71. The Kier molecular flexibility index (Phi) is 3.96. The number of aryl methyl sites for hydroxylation is 2. The normalized spacial score (nSPS) is 16.0. The van der Waals surface area contributed by atoms with Crippen LogP contribution < -0.4 is 10.5 Å². The Balaban J connectivity index is 1.97. The van der Waals surface area contributed by atoms with Gasteiger partial charge in [0.2, 0.25) is 11.8 Å². The van der Waals surface area contributed by atoms with Crippen LogP contribution in [0.3, 0.4) is 0 Å². The molecule has 1 aliphatic heterocycles. The van der Waals surface area contributed by atoms with E-state index in [2.05, 4.69) is 16.3 Å². The Morgan fingerprint density at radius 2 is 2.00 bits per heavy atom. The average Bonchev–Trinajstić information content (AvgIpc) is 3.21. The molecule has 3 heterocycles. The summed E-state index contributed by atoms with van der Waals surface area (Å²) in [6.07, 6.45) is 1.81. The summed E-state index contributed by atoms with van der Waals surface area (Å²) < 4.78 is 9.52. The van der Waals surface area contributed by atoms with Gasteiger partial charge in [-0.05, 0) is 32.9 Å². The van der Waals surface area contributed by atoms with Crippen LogP contribution in [0.5, 0.6) is 5.88 Å². The van der Waals surface area contributed by atoms with E-state index in [9.17, 15) is 5.26 Å². The highest BCUT2D eigenvalue weighted by Crippen LogP contribution is 2.45. The molecule has 0 fully saturated rings. The summed E-state index contributed by atoms with van der Waals surface area (Å²) in [5, 5.41) is 18.9. The minimum Gasteiger partial charge on any atom is -0.422 e. The zero-order chi connectivity index (χ0) is 19.1. The summed E-state index contributed by atoms with van der Waals surface area (Å²) >= 11 is 0. The predicted molar refractivity (Wildman–Crippen MR) is 100 cm³/mol. The van der Waals surface area contributed by atoms with Gasteiger partial charge in [0.15, 0.2) is 0 Å². The topological polar surface area (TPSA) is 94.7 Å². The van der Waals surface area contributed by atoms with Gasteiger partial charge in [-0.2, -0.15) is 15.5 Å². The Bertz CT molecular complexity index is 1080. The van der Waals surface area contributed by atoms with Crippen molar-refractivity contribution in [1.29, 1.82) is 5.26 Å². The third-order valence-corrected chi connectivity index (χ3v) is 4.98. The molecule has 1 atom stereocenters. The van der Waals surface area contributed by atoms with Crippen LogP contribution in [-0.4, -0.2) is 19.6 Å². The Morgan fingerprint density at radius 1 is 1.26 bits per heavy atom. The molecule has 1 unspecified atom stereocenters. The molecule has 136 valence electrons. The van der Waals surface area contributed by atoms with E-state index in [1.165, 1.54) is 0 Å².